The monoisotopic (exact) mass is 349 g/mol. The third kappa shape index (κ3) is 4.92. The zero-order chi connectivity index (χ0) is 15.2. The summed E-state index contributed by atoms with van der Waals surface area (Å²) < 4.78 is 5.82. The number of carbonyl (C=O) groups excluding carboxylic acids is 1. The van der Waals surface area contributed by atoms with Crippen LogP contribution >= 0.6 is 15.9 Å². The van der Waals surface area contributed by atoms with Gasteiger partial charge < -0.3 is 14.8 Å². The van der Waals surface area contributed by atoms with E-state index in [0.29, 0.717) is 21.7 Å². The van der Waals surface area contributed by atoms with E-state index in [2.05, 4.69) is 21.2 Å². The molecule has 0 unspecified atom stereocenters. The Morgan fingerprint density at radius 1 is 1.29 bits per heavy atom. The van der Waals surface area contributed by atoms with Gasteiger partial charge in [-0.1, -0.05) is 12.1 Å². The molecule has 1 aromatic carbocycles. The highest BCUT2D eigenvalue weighted by atomic mass is 79.9. The van der Waals surface area contributed by atoms with Crippen LogP contribution in [-0.4, -0.2) is 17.0 Å². The van der Waals surface area contributed by atoms with E-state index in [1.807, 2.05) is 0 Å². The minimum atomic E-state index is -0.915. The second-order valence-electron chi connectivity index (χ2n) is 4.24. The van der Waals surface area contributed by atoms with Crippen LogP contribution in [-0.2, 0) is 16.0 Å². The van der Waals surface area contributed by atoms with Gasteiger partial charge in [0.2, 0.25) is 5.91 Å². The molecule has 1 amide bonds. The summed E-state index contributed by atoms with van der Waals surface area (Å²) in [6.45, 7) is 0. The molecule has 0 radical (unpaired) electrons. The first kappa shape index (κ1) is 15.1. The van der Waals surface area contributed by atoms with Crippen molar-refractivity contribution in [1.29, 1.82) is 0 Å². The van der Waals surface area contributed by atoms with E-state index >= 15 is 0 Å². The fourth-order valence-corrected chi connectivity index (χ4v) is 2.01. The minimum Gasteiger partial charge on any atom is -0.481 e. The molecule has 0 fully saturated rings. The summed E-state index contributed by atoms with van der Waals surface area (Å²) in [7, 11) is 0. The lowest BCUT2D eigenvalue weighted by Crippen LogP contribution is -2.08. The molecule has 6 heteroatoms. The third-order valence-electron chi connectivity index (χ3n) is 2.54. The normalized spacial score (nSPS) is 10.7. The number of nitrogens with one attached hydrogen (secondary N) is 1. The Balaban J connectivity index is 1.99. The predicted molar refractivity (Wildman–Crippen MR) is 81.9 cm³/mol. The van der Waals surface area contributed by atoms with E-state index in [-0.39, 0.29) is 12.3 Å². The van der Waals surface area contributed by atoms with Crippen molar-refractivity contribution in [3.8, 4) is 0 Å². The lowest BCUT2D eigenvalue weighted by Gasteiger charge is -2.04. The highest BCUT2D eigenvalue weighted by molar-refractivity contribution is 9.10. The average molecular weight is 350 g/mol. The van der Waals surface area contributed by atoms with Gasteiger partial charge in [0.25, 0.3) is 0 Å². The molecular weight excluding hydrogens is 338 g/mol. The van der Waals surface area contributed by atoms with Gasteiger partial charge in [-0.05, 0) is 51.8 Å². The van der Waals surface area contributed by atoms with Crippen LogP contribution in [0.2, 0.25) is 0 Å². The van der Waals surface area contributed by atoms with Crippen molar-refractivity contribution in [2.75, 3.05) is 5.32 Å². The van der Waals surface area contributed by atoms with Crippen LogP contribution in [0.5, 0.6) is 0 Å². The first-order valence-electron chi connectivity index (χ1n) is 6.08. The molecule has 0 saturated carbocycles. The highest BCUT2D eigenvalue weighted by Gasteiger charge is 2.03. The van der Waals surface area contributed by atoms with Gasteiger partial charge in [0.15, 0.2) is 4.67 Å². The highest BCUT2D eigenvalue weighted by Crippen LogP contribution is 2.15. The zero-order valence-corrected chi connectivity index (χ0v) is 12.5. The summed E-state index contributed by atoms with van der Waals surface area (Å²) in [6, 6.07) is 10.2. The van der Waals surface area contributed by atoms with Gasteiger partial charge >= 0.3 is 5.97 Å². The fourth-order valence-electron chi connectivity index (χ4n) is 1.69. The van der Waals surface area contributed by atoms with E-state index in [9.17, 15) is 9.59 Å². The summed E-state index contributed by atoms with van der Waals surface area (Å²) in [5, 5.41) is 11.4. The third-order valence-corrected chi connectivity index (χ3v) is 2.97. The molecule has 2 aromatic rings. The maximum absolute atomic E-state index is 11.8. The van der Waals surface area contributed by atoms with Gasteiger partial charge in [0.05, 0.1) is 6.42 Å². The molecular formula is C15H12BrNO4. The van der Waals surface area contributed by atoms with Crippen LogP contribution in [0.1, 0.15) is 11.3 Å². The Morgan fingerprint density at radius 2 is 2.10 bits per heavy atom. The first-order chi connectivity index (χ1) is 10.0. The van der Waals surface area contributed by atoms with E-state index in [1.54, 1.807) is 42.5 Å². The van der Waals surface area contributed by atoms with Crippen molar-refractivity contribution >= 4 is 39.6 Å². The fraction of sp³-hybridized carbons (Fsp3) is 0.0667. The Labute approximate surface area is 129 Å². The van der Waals surface area contributed by atoms with Crippen molar-refractivity contribution in [3.63, 3.8) is 0 Å². The number of hydrogen-bond donors (Lipinski definition) is 2. The number of aliphatic carboxylic acids is 1. The molecule has 0 aliphatic heterocycles. The van der Waals surface area contributed by atoms with Crippen molar-refractivity contribution in [3.05, 3.63) is 58.5 Å². The van der Waals surface area contributed by atoms with Gasteiger partial charge in [0.1, 0.15) is 5.76 Å². The molecule has 2 rings (SSSR count). The maximum atomic E-state index is 11.8. The molecule has 5 nitrogen and oxygen atoms in total. The van der Waals surface area contributed by atoms with Crippen molar-refractivity contribution < 1.29 is 19.1 Å². The topological polar surface area (TPSA) is 79.5 Å². The first-order valence-corrected chi connectivity index (χ1v) is 6.87. The Bertz CT molecular complexity index is 690. The maximum Gasteiger partial charge on any atom is 0.307 e. The van der Waals surface area contributed by atoms with Gasteiger partial charge in [-0.15, -0.1) is 0 Å². The van der Waals surface area contributed by atoms with Crippen LogP contribution in [0.3, 0.4) is 0 Å². The molecule has 108 valence electrons. The molecule has 1 heterocycles. The number of carboxylic acids is 1. The van der Waals surface area contributed by atoms with Crippen LogP contribution in [0.25, 0.3) is 6.08 Å². The number of halogens is 1. The number of hydrogen-bond acceptors (Lipinski definition) is 3. The van der Waals surface area contributed by atoms with Crippen LogP contribution in [0.4, 0.5) is 5.69 Å². The van der Waals surface area contributed by atoms with E-state index < -0.39 is 5.97 Å². The summed E-state index contributed by atoms with van der Waals surface area (Å²) in [6.07, 6.45) is 2.80. The largest absolute Gasteiger partial charge is 0.481 e. The molecule has 0 atom stereocenters. The van der Waals surface area contributed by atoms with E-state index in [4.69, 9.17) is 9.52 Å². The van der Waals surface area contributed by atoms with Gasteiger partial charge in [-0.3, -0.25) is 9.59 Å². The average Bonchev–Trinajstić information content (AvgIpc) is 2.82. The Hall–Kier alpha value is -2.34. The number of benzene rings is 1. The van der Waals surface area contributed by atoms with Gasteiger partial charge in [-0.25, -0.2) is 0 Å². The van der Waals surface area contributed by atoms with Crippen LogP contribution in [0, 0.1) is 0 Å². The smallest absolute Gasteiger partial charge is 0.307 e. The SMILES string of the molecule is O=C(O)Cc1cccc(NC(=O)C=Cc2ccc(Br)o2)c1. The van der Waals surface area contributed by atoms with Crippen molar-refractivity contribution in [1.82, 2.24) is 0 Å². The number of amides is 1. The summed E-state index contributed by atoms with van der Waals surface area (Å²) >= 11 is 3.17. The number of rotatable bonds is 5. The Morgan fingerprint density at radius 3 is 2.76 bits per heavy atom. The molecule has 0 bridgehead atoms. The molecule has 0 spiro atoms. The van der Waals surface area contributed by atoms with Crippen molar-refractivity contribution in [2.45, 2.75) is 6.42 Å². The summed E-state index contributed by atoms with van der Waals surface area (Å²) in [5.74, 6) is -0.687. The molecule has 0 saturated heterocycles. The van der Waals surface area contributed by atoms with E-state index in [1.165, 1.54) is 6.08 Å². The number of anilines is 1. The molecule has 0 aliphatic rings. The minimum absolute atomic E-state index is 0.0834. The van der Waals surface area contributed by atoms with Gasteiger partial charge in [-0.2, -0.15) is 0 Å². The van der Waals surface area contributed by atoms with E-state index in [0.717, 1.165) is 0 Å². The van der Waals surface area contributed by atoms with Crippen LogP contribution in [0.15, 0.2) is 51.6 Å². The number of carbonyl (C=O) groups is 2. The van der Waals surface area contributed by atoms with Crippen molar-refractivity contribution in [2.24, 2.45) is 0 Å². The lowest BCUT2D eigenvalue weighted by atomic mass is 10.1. The molecule has 2 N–H and O–H groups in total. The second kappa shape index (κ2) is 6.90. The molecule has 1 aromatic heterocycles. The summed E-state index contributed by atoms with van der Waals surface area (Å²) in [5.41, 5.74) is 1.17. The van der Waals surface area contributed by atoms with Gasteiger partial charge in [0, 0.05) is 11.8 Å². The quantitative estimate of drug-likeness (QED) is 0.811. The second-order valence-corrected chi connectivity index (χ2v) is 5.02. The molecule has 0 aliphatic carbocycles. The zero-order valence-electron chi connectivity index (χ0n) is 10.9. The number of furan rings is 1. The molecule has 21 heavy (non-hydrogen) atoms. The Kier molecular flexibility index (Phi) is 4.94. The predicted octanol–water partition coefficient (Wildman–Crippen LogP) is 3.32. The summed E-state index contributed by atoms with van der Waals surface area (Å²) in [4.78, 5) is 22.4. The van der Waals surface area contributed by atoms with Crippen LogP contribution < -0.4 is 5.32 Å². The number of carboxylic acid groups (broad SMARTS) is 1. The standard InChI is InChI=1S/C15H12BrNO4/c16-13-6-4-12(21-13)5-7-14(18)17-11-3-1-2-10(8-11)9-15(19)20/h1-8H,9H2,(H,17,18)(H,19,20). The lowest BCUT2D eigenvalue weighted by molar-refractivity contribution is -0.136.